The number of methoxy groups -OCH3 is 2. The molecule has 0 atom stereocenters. The lowest BCUT2D eigenvalue weighted by atomic mass is 9.94. The molecule has 0 amide bonds. The van der Waals surface area contributed by atoms with Crippen LogP contribution in [0.1, 0.15) is 25.3 Å². The lowest BCUT2D eigenvalue weighted by molar-refractivity contribution is -0.0829. The van der Waals surface area contributed by atoms with E-state index in [-0.39, 0.29) is 17.2 Å². The third-order valence-corrected chi connectivity index (χ3v) is 4.69. The highest BCUT2D eigenvalue weighted by atomic mass is 19.1. The standard InChI is InChI=1S/C19H30FN3O3/c1-5-21-18(22-14-19(25-4)8-10-26-11-9-19)23(2)13-15-6-7-17(24-3)16(20)12-15/h6-7,12H,5,8-11,13-14H2,1-4H3,(H,21,22). The van der Waals surface area contributed by atoms with Crippen molar-refractivity contribution in [1.29, 1.82) is 0 Å². The molecule has 1 N–H and O–H groups in total. The Balaban J connectivity index is 2.08. The summed E-state index contributed by atoms with van der Waals surface area (Å²) in [5.74, 6) is 0.658. The van der Waals surface area contributed by atoms with Gasteiger partial charge in [0.2, 0.25) is 0 Å². The molecule has 1 aliphatic heterocycles. The van der Waals surface area contributed by atoms with Crippen molar-refractivity contribution in [2.45, 2.75) is 31.9 Å². The molecule has 1 aromatic rings. The van der Waals surface area contributed by atoms with Crippen molar-refractivity contribution in [3.05, 3.63) is 29.6 Å². The lowest BCUT2D eigenvalue weighted by Crippen LogP contribution is -2.44. The van der Waals surface area contributed by atoms with Gasteiger partial charge in [-0.1, -0.05) is 6.07 Å². The lowest BCUT2D eigenvalue weighted by Gasteiger charge is -2.35. The smallest absolute Gasteiger partial charge is 0.194 e. The van der Waals surface area contributed by atoms with Crippen molar-refractivity contribution in [3.8, 4) is 5.75 Å². The first-order valence-electron chi connectivity index (χ1n) is 8.98. The number of guanidine groups is 1. The number of rotatable bonds is 7. The topological polar surface area (TPSA) is 55.3 Å². The summed E-state index contributed by atoms with van der Waals surface area (Å²) in [4.78, 5) is 6.74. The Labute approximate surface area is 155 Å². The number of hydrogen-bond donors (Lipinski definition) is 1. The fourth-order valence-corrected chi connectivity index (χ4v) is 3.02. The molecule has 0 radical (unpaired) electrons. The molecule has 1 saturated heterocycles. The van der Waals surface area contributed by atoms with E-state index in [0.717, 1.165) is 30.9 Å². The molecule has 26 heavy (non-hydrogen) atoms. The number of aliphatic imine (C=N–C) groups is 1. The summed E-state index contributed by atoms with van der Waals surface area (Å²) in [6.07, 6.45) is 1.67. The quantitative estimate of drug-likeness (QED) is 0.593. The Morgan fingerprint density at radius 1 is 1.35 bits per heavy atom. The van der Waals surface area contributed by atoms with Crippen LogP contribution in [0.2, 0.25) is 0 Å². The Morgan fingerprint density at radius 2 is 2.08 bits per heavy atom. The number of halogens is 1. The minimum Gasteiger partial charge on any atom is -0.494 e. The molecular formula is C19H30FN3O3. The van der Waals surface area contributed by atoms with Gasteiger partial charge in [-0.3, -0.25) is 4.99 Å². The highest BCUT2D eigenvalue weighted by Gasteiger charge is 2.32. The van der Waals surface area contributed by atoms with Crippen molar-refractivity contribution < 1.29 is 18.6 Å². The molecule has 0 unspecified atom stereocenters. The van der Waals surface area contributed by atoms with Gasteiger partial charge in [0.1, 0.15) is 0 Å². The molecule has 0 bridgehead atoms. The second kappa shape index (κ2) is 9.73. The summed E-state index contributed by atoms with van der Waals surface area (Å²) in [6, 6.07) is 5.00. The first-order chi connectivity index (χ1) is 12.5. The van der Waals surface area contributed by atoms with Gasteiger partial charge < -0.3 is 24.4 Å². The fraction of sp³-hybridized carbons (Fsp3) is 0.632. The largest absolute Gasteiger partial charge is 0.494 e. The van der Waals surface area contributed by atoms with Crippen LogP contribution in [0.15, 0.2) is 23.2 Å². The van der Waals surface area contributed by atoms with Gasteiger partial charge in [-0.2, -0.15) is 0 Å². The molecule has 0 spiro atoms. The van der Waals surface area contributed by atoms with E-state index in [4.69, 9.17) is 19.2 Å². The summed E-state index contributed by atoms with van der Waals surface area (Å²) in [6.45, 7) is 5.27. The first kappa shape index (κ1) is 20.5. The SMILES string of the molecule is CCNC(=NCC1(OC)CCOCC1)N(C)Cc1ccc(OC)c(F)c1. The number of ether oxygens (including phenoxy) is 3. The zero-order valence-electron chi connectivity index (χ0n) is 16.2. The van der Waals surface area contributed by atoms with Crippen molar-refractivity contribution in [1.82, 2.24) is 10.2 Å². The van der Waals surface area contributed by atoms with Gasteiger partial charge in [0.15, 0.2) is 17.5 Å². The average molecular weight is 367 g/mol. The van der Waals surface area contributed by atoms with Crippen molar-refractivity contribution in [2.24, 2.45) is 4.99 Å². The summed E-state index contributed by atoms with van der Waals surface area (Å²) in [5.41, 5.74) is 0.579. The normalized spacial score (nSPS) is 17.0. The third-order valence-electron chi connectivity index (χ3n) is 4.69. The van der Waals surface area contributed by atoms with Crippen LogP contribution < -0.4 is 10.1 Å². The van der Waals surface area contributed by atoms with Gasteiger partial charge in [-0.15, -0.1) is 0 Å². The van der Waals surface area contributed by atoms with E-state index in [2.05, 4.69) is 5.32 Å². The first-order valence-corrected chi connectivity index (χ1v) is 8.98. The molecule has 0 aliphatic carbocycles. The van der Waals surface area contributed by atoms with Gasteiger partial charge in [-0.05, 0) is 24.6 Å². The highest BCUT2D eigenvalue weighted by molar-refractivity contribution is 5.79. The van der Waals surface area contributed by atoms with Crippen molar-refractivity contribution >= 4 is 5.96 Å². The minimum atomic E-state index is -0.360. The Morgan fingerprint density at radius 3 is 2.65 bits per heavy atom. The monoisotopic (exact) mass is 367 g/mol. The van der Waals surface area contributed by atoms with Gasteiger partial charge in [-0.25, -0.2) is 4.39 Å². The van der Waals surface area contributed by atoms with Crippen molar-refractivity contribution in [2.75, 3.05) is 47.6 Å². The second-order valence-corrected chi connectivity index (χ2v) is 6.49. The minimum absolute atomic E-state index is 0.249. The molecule has 0 aromatic heterocycles. The van der Waals surface area contributed by atoms with Gasteiger partial charge in [0, 0.05) is 53.3 Å². The predicted molar refractivity (Wildman–Crippen MR) is 100 cm³/mol. The van der Waals surface area contributed by atoms with Crippen LogP contribution >= 0.6 is 0 Å². The molecule has 7 heteroatoms. The molecule has 6 nitrogen and oxygen atoms in total. The Bertz CT molecular complexity index is 604. The van der Waals surface area contributed by atoms with Gasteiger partial charge in [0.05, 0.1) is 19.3 Å². The number of nitrogens with zero attached hydrogens (tertiary/aromatic N) is 2. The van der Waals surface area contributed by atoms with Crippen LogP contribution in [0.4, 0.5) is 4.39 Å². The van der Waals surface area contributed by atoms with Crippen LogP contribution in [0.3, 0.4) is 0 Å². The molecule has 146 valence electrons. The molecule has 1 aliphatic rings. The summed E-state index contributed by atoms with van der Waals surface area (Å²) < 4.78 is 30.1. The van der Waals surface area contributed by atoms with E-state index in [0.29, 0.717) is 26.3 Å². The maximum atomic E-state index is 13.9. The second-order valence-electron chi connectivity index (χ2n) is 6.49. The van der Waals surface area contributed by atoms with E-state index in [1.807, 2.05) is 24.9 Å². The van der Waals surface area contributed by atoms with Crippen LogP contribution in [-0.4, -0.2) is 64.0 Å². The zero-order valence-corrected chi connectivity index (χ0v) is 16.2. The van der Waals surface area contributed by atoms with E-state index >= 15 is 0 Å². The Kier molecular flexibility index (Phi) is 7.66. The Hall–Kier alpha value is -1.86. The summed E-state index contributed by atoms with van der Waals surface area (Å²) >= 11 is 0. The summed E-state index contributed by atoms with van der Waals surface area (Å²) in [7, 11) is 5.13. The van der Waals surface area contributed by atoms with E-state index in [1.165, 1.54) is 13.2 Å². The van der Waals surface area contributed by atoms with E-state index in [1.54, 1.807) is 13.2 Å². The molecular weight excluding hydrogens is 337 g/mol. The van der Waals surface area contributed by atoms with Crippen LogP contribution in [0, 0.1) is 5.82 Å². The van der Waals surface area contributed by atoms with Crippen LogP contribution in [-0.2, 0) is 16.0 Å². The van der Waals surface area contributed by atoms with E-state index in [9.17, 15) is 4.39 Å². The predicted octanol–water partition coefficient (Wildman–Crippen LogP) is 2.43. The number of nitrogens with one attached hydrogen (secondary N) is 1. The van der Waals surface area contributed by atoms with Crippen LogP contribution in [0.5, 0.6) is 5.75 Å². The van der Waals surface area contributed by atoms with Crippen LogP contribution in [0.25, 0.3) is 0 Å². The average Bonchev–Trinajstić information content (AvgIpc) is 2.66. The third kappa shape index (κ3) is 5.32. The molecule has 1 fully saturated rings. The van der Waals surface area contributed by atoms with E-state index < -0.39 is 0 Å². The maximum Gasteiger partial charge on any atom is 0.194 e. The maximum absolute atomic E-state index is 13.9. The molecule has 1 heterocycles. The molecule has 2 rings (SSSR count). The zero-order chi connectivity index (χ0) is 19.0. The number of hydrogen-bond acceptors (Lipinski definition) is 4. The highest BCUT2D eigenvalue weighted by Crippen LogP contribution is 2.25. The van der Waals surface area contributed by atoms with Crippen molar-refractivity contribution in [3.63, 3.8) is 0 Å². The van der Waals surface area contributed by atoms with Gasteiger partial charge in [0.25, 0.3) is 0 Å². The number of benzene rings is 1. The van der Waals surface area contributed by atoms with Gasteiger partial charge >= 0.3 is 0 Å². The fourth-order valence-electron chi connectivity index (χ4n) is 3.02. The molecule has 0 saturated carbocycles. The summed E-state index contributed by atoms with van der Waals surface area (Å²) in [5, 5.41) is 3.29. The molecule has 1 aromatic carbocycles.